The number of rotatable bonds is 2. The van der Waals surface area contributed by atoms with Crippen molar-refractivity contribution in [3.63, 3.8) is 0 Å². The van der Waals surface area contributed by atoms with Crippen LogP contribution in [0.25, 0.3) is 5.78 Å². The van der Waals surface area contributed by atoms with Gasteiger partial charge in [-0.05, 0) is 31.7 Å². The van der Waals surface area contributed by atoms with Gasteiger partial charge in [-0.15, -0.1) is 0 Å². The molecule has 0 atom stereocenters. The fourth-order valence-corrected chi connectivity index (χ4v) is 2.52. The minimum absolute atomic E-state index is 0.0963. The maximum Gasteiger partial charge on any atom is 0.270 e. The zero-order valence-electron chi connectivity index (χ0n) is 10.6. The van der Waals surface area contributed by atoms with Gasteiger partial charge in [-0.1, -0.05) is 0 Å². The molecule has 0 saturated heterocycles. The van der Waals surface area contributed by atoms with Crippen molar-refractivity contribution in [2.24, 2.45) is 5.73 Å². The Morgan fingerprint density at radius 2 is 2.11 bits per heavy atom. The molecule has 0 spiro atoms. The fourth-order valence-electron chi connectivity index (χ4n) is 2.52. The van der Waals surface area contributed by atoms with E-state index < -0.39 is 0 Å². The Hall–Kier alpha value is -1.95. The number of hydrogen-bond acceptors (Lipinski definition) is 4. The van der Waals surface area contributed by atoms with Gasteiger partial charge in [0.25, 0.3) is 5.91 Å². The van der Waals surface area contributed by atoms with Crippen LogP contribution in [-0.2, 0) is 0 Å². The molecule has 0 bridgehead atoms. The zero-order chi connectivity index (χ0) is 13.2. The third-order valence-electron chi connectivity index (χ3n) is 3.63. The van der Waals surface area contributed by atoms with Crippen LogP contribution < -0.4 is 11.1 Å². The molecule has 3 rings (SSSR count). The second-order valence-electron chi connectivity index (χ2n) is 5.02. The SMILES string of the molecule is NC1CCC(NC(=O)c2cnc3ncccn23)CC1. The standard InChI is InChI=1S/C13H17N5O/c14-9-2-4-10(5-3-9)17-12(19)11-8-16-13-15-6-1-7-18(11)13/h1,6-10H,2-5,14H2,(H,17,19). The van der Waals surface area contributed by atoms with Crippen LogP contribution in [0.5, 0.6) is 0 Å². The van der Waals surface area contributed by atoms with Crippen LogP contribution in [0, 0.1) is 0 Å². The molecule has 2 heterocycles. The number of amides is 1. The summed E-state index contributed by atoms with van der Waals surface area (Å²) in [7, 11) is 0. The van der Waals surface area contributed by atoms with E-state index in [0.717, 1.165) is 25.7 Å². The second kappa shape index (κ2) is 4.97. The van der Waals surface area contributed by atoms with E-state index in [0.29, 0.717) is 11.5 Å². The van der Waals surface area contributed by atoms with Crippen molar-refractivity contribution in [1.29, 1.82) is 0 Å². The van der Waals surface area contributed by atoms with Crippen molar-refractivity contribution in [2.75, 3.05) is 0 Å². The first-order valence-electron chi connectivity index (χ1n) is 6.58. The van der Waals surface area contributed by atoms with Gasteiger partial charge in [0.1, 0.15) is 5.69 Å². The molecule has 0 unspecified atom stereocenters. The first-order valence-corrected chi connectivity index (χ1v) is 6.58. The van der Waals surface area contributed by atoms with Crippen LogP contribution >= 0.6 is 0 Å². The Labute approximate surface area is 111 Å². The summed E-state index contributed by atoms with van der Waals surface area (Å²) in [6, 6.07) is 2.29. The minimum Gasteiger partial charge on any atom is -0.348 e. The molecule has 0 aliphatic heterocycles. The van der Waals surface area contributed by atoms with Crippen LogP contribution in [0.1, 0.15) is 36.2 Å². The van der Waals surface area contributed by atoms with E-state index in [1.54, 1.807) is 29.1 Å². The molecular formula is C13H17N5O. The molecule has 19 heavy (non-hydrogen) atoms. The highest BCUT2D eigenvalue weighted by Crippen LogP contribution is 2.17. The van der Waals surface area contributed by atoms with E-state index in [4.69, 9.17) is 5.73 Å². The number of carbonyl (C=O) groups excluding carboxylic acids is 1. The lowest BCUT2D eigenvalue weighted by atomic mass is 9.92. The zero-order valence-corrected chi connectivity index (χ0v) is 10.6. The molecule has 1 saturated carbocycles. The quantitative estimate of drug-likeness (QED) is 0.832. The lowest BCUT2D eigenvalue weighted by molar-refractivity contribution is 0.0920. The smallest absolute Gasteiger partial charge is 0.270 e. The first kappa shape index (κ1) is 12.1. The maximum atomic E-state index is 12.2. The molecular weight excluding hydrogens is 242 g/mol. The summed E-state index contributed by atoms with van der Waals surface area (Å²) in [5.41, 5.74) is 6.39. The van der Waals surface area contributed by atoms with Gasteiger partial charge in [-0.2, -0.15) is 0 Å². The van der Waals surface area contributed by atoms with Crippen LogP contribution in [0.3, 0.4) is 0 Å². The molecule has 3 N–H and O–H groups in total. The lowest BCUT2D eigenvalue weighted by Gasteiger charge is -2.26. The number of aromatic nitrogens is 3. The summed E-state index contributed by atoms with van der Waals surface area (Å²) in [6.07, 6.45) is 8.85. The lowest BCUT2D eigenvalue weighted by Crippen LogP contribution is -2.40. The van der Waals surface area contributed by atoms with Crippen molar-refractivity contribution < 1.29 is 4.79 Å². The Kier molecular flexibility index (Phi) is 3.16. The van der Waals surface area contributed by atoms with Crippen molar-refractivity contribution in [1.82, 2.24) is 19.7 Å². The van der Waals surface area contributed by atoms with Gasteiger partial charge < -0.3 is 11.1 Å². The Morgan fingerprint density at radius 1 is 1.32 bits per heavy atom. The fraction of sp³-hybridized carbons (Fsp3) is 0.462. The third kappa shape index (κ3) is 2.44. The predicted molar refractivity (Wildman–Crippen MR) is 70.7 cm³/mol. The van der Waals surface area contributed by atoms with Crippen molar-refractivity contribution in [2.45, 2.75) is 37.8 Å². The highest BCUT2D eigenvalue weighted by molar-refractivity contribution is 5.93. The molecule has 2 aromatic rings. The van der Waals surface area contributed by atoms with Gasteiger partial charge in [-0.25, -0.2) is 9.97 Å². The van der Waals surface area contributed by atoms with Crippen molar-refractivity contribution in [3.05, 3.63) is 30.4 Å². The van der Waals surface area contributed by atoms with Crippen LogP contribution in [0.4, 0.5) is 0 Å². The number of nitrogens with two attached hydrogens (primary N) is 1. The number of hydrogen-bond donors (Lipinski definition) is 2. The summed E-state index contributed by atoms with van der Waals surface area (Å²) >= 11 is 0. The minimum atomic E-state index is -0.0963. The van der Waals surface area contributed by atoms with Crippen molar-refractivity contribution >= 4 is 11.7 Å². The molecule has 6 heteroatoms. The average molecular weight is 259 g/mol. The third-order valence-corrected chi connectivity index (χ3v) is 3.63. The molecule has 100 valence electrons. The number of nitrogens with zero attached hydrogens (tertiary/aromatic N) is 3. The van der Waals surface area contributed by atoms with Crippen LogP contribution in [-0.4, -0.2) is 32.4 Å². The molecule has 0 aromatic carbocycles. The Morgan fingerprint density at radius 3 is 2.89 bits per heavy atom. The first-order chi connectivity index (χ1) is 9.24. The second-order valence-corrected chi connectivity index (χ2v) is 5.02. The molecule has 2 aromatic heterocycles. The highest BCUT2D eigenvalue weighted by Gasteiger charge is 2.21. The molecule has 1 amide bonds. The van der Waals surface area contributed by atoms with Crippen LogP contribution in [0.2, 0.25) is 0 Å². The molecule has 1 aliphatic rings. The van der Waals surface area contributed by atoms with Crippen LogP contribution in [0.15, 0.2) is 24.7 Å². The summed E-state index contributed by atoms with van der Waals surface area (Å²) in [6.45, 7) is 0. The van der Waals surface area contributed by atoms with Crippen molar-refractivity contribution in [3.8, 4) is 0 Å². The number of carbonyl (C=O) groups is 1. The van der Waals surface area contributed by atoms with E-state index in [1.165, 1.54) is 0 Å². The molecule has 1 aliphatic carbocycles. The maximum absolute atomic E-state index is 12.2. The number of fused-ring (bicyclic) bond motifs is 1. The normalized spacial score (nSPS) is 23.4. The average Bonchev–Trinajstić information content (AvgIpc) is 2.85. The van der Waals surface area contributed by atoms with Gasteiger partial charge in [0.15, 0.2) is 0 Å². The topological polar surface area (TPSA) is 85.3 Å². The summed E-state index contributed by atoms with van der Waals surface area (Å²) in [5.74, 6) is 0.444. The van der Waals surface area contributed by atoms with E-state index >= 15 is 0 Å². The van der Waals surface area contributed by atoms with Gasteiger partial charge in [0.2, 0.25) is 5.78 Å². The van der Waals surface area contributed by atoms with Gasteiger partial charge in [0, 0.05) is 24.5 Å². The summed E-state index contributed by atoms with van der Waals surface area (Å²) in [4.78, 5) is 20.5. The summed E-state index contributed by atoms with van der Waals surface area (Å²) in [5, 5.41) is 3.05. The molecule has 1 fully saturated rings. The number of nitrogens with one attached hydrogen (secondary N) is 1. The van der Waals surface area contributed by atoms with E-state index in [9.17, 15) is 4.79 Å². The van der Waals surface area contributed by atoms with E-state index in [-0.39, 0.29) is 18.0 Å². The summed E-state index contributed by atoms with van der Waals surface area (Å²) < 4.78 is 1.70. The highest BCUT2D eigenvalue weighted by atomic mass is 16.2. The Bertz CT molecular complexity index is 585. The monoisotopic (exact) mass is 259 g/mol. The van der Waals surface area contributed by atoms with Gasteiger partial charge >= 0.3 is 0 Å². The largest absolute Gasteiger partial charge is 0.348 e. The predicted octanol–water partition coefficient (Wildman–Crippen LogP) is 0.729. The van der Waals surface area contributed by atoms with E-state index in [1.807, 2.05) is 0 Å². The van der Waals surface area contributed by atoms with E-state index in [2.05, 4.69) is 15.3 Å². The Balaban J connectivity index is 1.73. The number of imidazole rings is 1. The molecule has 0 radical (unpaired) electrons. The van der Waals surface area contributed by atoms with Gasteiger partial charge in [-0.3, -0.25) is 9.20 Å². The molecule has 6 nitrogen and oxygen atoms in total. The van der Waals surface area contributed by atoms with Gasteiger partial charge in [0.05, 0.1) is 6.20 Å².